The summed E-state index contributed by atoms with van der Waals surface area (Å²) in [5.41, 5.74) is 2.56. The van der Waals surface area contributed by atoms with Crippen LogP contribution >= 0.6 is 0 Å². The van der Waals surface area contributed by atoms with E-state index in [0.717, 1.165) is 30.4 Å². The molecular weight excluding hydrogens is 288 g/mol. The van der Waals surface area contributed by atoms with Gasteiger partial charge in [-0.25, -0.2) is 4.79 Å². The SMILES string of the molecule is O=C(OCC1CC=CCC1)c1ccc(-c2ccc(O)cc2)cc1. The third kappa shape index (κ3) is 4.01. The van der Waals surface area contributed by atoms with E-state index in [2.05, 4.69) is 12.2 Å². The lowest BCUT2D eigenvalue weighted by Gasteiger charge is -2.17. The van der Waals surface area contributed by atoms with Gasteiger partial charge in [0.05, 0.1) is 12.2 Å². The summed E-state index contributed by atoms with van der Waals surface area (Å²) in [5.74, 6) is 0.420. The van der Waals surface area contributed by atoms with Crippen LogP contribution in [0.2, 0.25) is 0 Å². The fourth-order valence-corrected chi connectivity index (χ4v) is 2.74. The molecule has 1 unspecified atom stereocenters. The Balaban J connectivity index is 1.61. The topological polar surface area (TPSA) is 46.5 Å². The van der Waals surface area contributed by atoms with Gasteiger partial charge in [0.2, 0.25) is 0 Å². The molecule has 0 spiro atoms. The number of phenolic OH excluding ortho intramolecular Hbond substituents is 1. The van der Waals surface area contributed by atoms with Crippen LogP contribution < -0.4 is 0 Å². The van der Waals surface area contributed by atoms with Crippen LogP contribution in [-0.4, -0.2) is 17.7 Å². The highest BCUT2D eigenvalue weighted by atomic mass is 16.5. The Labute approximate surface area is 136 Å². The average molecular weight is 308 g/mol. The van der Waals surface area contributed by atoms with Gasteiger partial charge >= 0.3 is 5.97 Å². The molecule has 0 radical (unpaired) electrons. The number of ether oxygens (including phenoxy) is 1. The van der Waals surface area contributed by atoms with Gasteiger partial charge in [-0.15, -0.1) is 0 Å². The summed E-state index contributed by atoms with van der Waals surface area (Å²) in [6, 6.07) is 14.3. The predicted molar refractivity (Wildman–Crippen MR) is 90.3 cm³/mol. The zero-order valence-electron chi connectivity index (χ0n) is 12.9. The van der Waals surface area contributed by atoms with Crippen molar-refractivity contribution in [1.82, 2.24) is 0 Å². The van der Waals surface area contributed by atoms with Gasteiger partial charge in [-0.2, -0.15) is 0 Å². The number of hydrogen-bond acceptors (Lipinski definition) is 3. The van der Waals surface area contributed by atoms with Crippen molar-refractivity contribution < 1.29 is 14.6 Å². The van der Waals surface area contributed by atoms with Crippen LogP contribution in [0, 0.1) is 5.92 Å². The third-order valence-electron chi connectivity index (χ3n) is 4.15. The van der Waals surface area contributed by atoms with Crippen molar-refractivity contribution in [2.24, 2.45) is 5.92 Å². The Hall–Kier alpha value is -2.55. The standard InChI is InChI=1S/C20H20O3/c21-19-12-10-17(11-13-19)16-6-8-18(9-7-16)20(22)23-14-15-4-2-1-3-5-15/h1-2,6-13,15,21H,3-5,14H2. The van der Waals surface area contributed by atoms with Crippen LogP contribution in [0.4, 0.5) is 0 Å². The molecule has 118 valence electrons. The minimum atomic E-state index is -0.267. The van der Waals surface area contributed by atoms with Gasteiger partial charge < -0.3 is 9.84 Å². The second-order valence-corrected chi connectivity index (χ2v) is 5.87. The van der Waals surface area contributed by atoms with Crippen molar-refractivity contribution in [1.29, 1.82) is 0 Å². The summed E-state index contributed by atoms with van der Waals surface area (Å²) in [6.45, 7) is 0.489. The van der Waals surface area contributed by atoms with E-state index in [1.165, 1.54) is 0 Å². The Morgan fingerprint density at radius 3 is 2.26 bits per heavy atom. The number of rotatable bonds is 4. The smallest absolute Gasteiger partial charge is 0.338 e. The summed E-state index contributed by atoms with van der Waals surface area (Å²) in [7, 11) is 0. The molecule has 0 aliphatic heterocycles. The molecule has 2 aromatic carbocycles. The summed E-state index contributed by atoms with van der Waals surface area (Å²) < 4.78 is 5.42. The quantitative estimate of drug-likeness (QED) is 0.664. The molecule has 1 atom stereocenters. The average Bonchev–Trinajstić information content (AvgIpc) is 2.61. The van der Waals surface area contributed by atoms with Gasteiger partial charge in [-0.1, -0.05) is 36.4 Å². The van der Waals surface area contributed by atoms with E-state index in [1.54, 1.807) is 24.3 Å². The van der Waals surface area contributed by atoms with Crippen LogP contribution in [0.15, 0.2) is 60.7 Å². The lowest BCUT2D eigenvalue weighted by molar-refractivity contribution is 0.0432. The lowest BCUT2D eigenvalue weighted by Crippen LogP contribution is -2.15. The first-order valence-electron chi connectivity index (χ1n) is 7.94. The van der Waals surface area contributed by atoms with Crippen LogP contribution in [0.25, 0.3) is 11.1 Å². The monoisotopic (exact) mass is 308 g/mol. The molecule has 2 aromatic rings. The highest BCUT2D eigenvalue weighted by Crippen LogP contribution is 2.23. The molecule has 0 bridgehead atoms. The van der Waals surface area contributed by atoms with E-state index in [1.807, 2.05) is 24.3 Å². The molecule has 0 aromatic heterocycles. The number of esters is 1. The normalized spacial score (nSPS) is 17.0. The van der Waals surface area contributed by atoms with Gasteiger partial charge in [0.25, 0.3) is 0 Å². The first-order chi connectivity index (χ1) is 11.2. The van der Waals surface area contributed by atoms with Crippen LogP contribution in [0.1, 0.15) is 29.6 Å². The number of hydrogen-bond donors (Lipinski definition) is 1. The molecule has 3 heteroatoms. The number of carbonyl (C=O) groups excluding carboxylic acids is 1. The maximum atomic E-state index is 12.1. The van der Waals surface area contributed by atoms with Crippen molar-refractivity contribution in [2.45, 2.75) is 19.3 Å². The Morgan fingerprint density at radius 2 is 1.65 bits per heavy atom. The maximum Gasteiger partial charge on any atom is 0.338 e. The van der Waals surface area contributed by atoms with E-state index in [-0.39, 0.29) is 11.7 Å². The molecule has 0 heterocycles. The summed E-state index contributed by atoms with van der Waals surface area (Å²) in [5, 5.41) is 9.32. The van der Waals surface area contributed by atoms with Crippen molar-refractivity contribution in [2.75, 3.05) is 6.61 Å². The molecule has 3 rings (SSSR count). The number of phenols is 1. The molecule has 1 aliphatic carbocycles. The first kappa shape index (κ1) is 15.3. The molecule has 0 amide bonds. The molecule has 23 heavy (non-hydrogen) atoms. The van der Waals surface area contributed by atoms with Gasteiger partial charge in [0, 0.05) is 0 Å². The van der Waals surface area contributed by atoms with Crippen molar-refractivity contribution >= 4 is 5.97 Å². The summed E-state index contributed by atoms with van der Waals surface area (Å²) in [4.78, 5) is 12.1. The Kier molecular flexibility index (Phi) is 4.77. The van der Waals surface area contributed by atoms with Crippen molar-refractivity contribution in [3.8, 4) is 16.9 Å². The minimum Gasteiger partial charge on any atom is -0.508 e. The fraction of sp³-hybridized carbons (Fsp3) is 0.250. The number of aromatic hydroxyl groups is 1. The van der Waals surface area contributed by atoms with E-state index in [4.69, 9.17) is 4.74 Å². The van der Waals surface area contributed by atoms with Gasteiger partial charge in [0.1, 0.15) is 5.75 Å². The minimum absolute atomic E-state index is 0.242. The molecule has 0 saturated carbocycles. The van der Waals surface area contributed by atoms with Crippen LogP contribution in [-0.2, 0) is 4.74 Å². The Bertz CT molecular complexity index is 684. The van der Waals surface area contributed by atoms with E-state index in [9.17, 15) is 9.90 Å². The van der Waals surface area contributed by atoms with Gasteiger partial charge in [-0.3, -0.25) is 0 Å². The predicted octanol–water partition coefficient (Wildman–Crippen LogP) is 4.57. The van der Waals surface area contributed by atoms with Crippen molar-refractivity contribution in [3.05, 3.63) is 66.2 Å². The summed E-state index contributed by atoms with van der Waals surface area (Å²) in [6.07, 6.45) is 7.50. The van der Waals surface area contributed by atoms with E-state index < -0.39 is 0 Å². The molecule has 1 aliphatic rings. The molecule has 0 saturated heterocycles. The third-order valence-corrected chi connectivity index (χ3v) is 4.15. The van der Waals surface area contributed by atoms with Crippen LogP contribution in [0.5, 0.6) is 5.75 Å². The molecule has 1 N–H and O–H groups in total. The highest BCUT2D eigenvalue weighted by molar-refractivity contribution is 5.90. The van der Waals surface area contributed by atoms with Crippen molar-refractivity contribution in [3.63, 3.8) is 0 Å². The number of benzene rings is 2. The van der Waals surface area contributed by atoms with Gasteiger partial charge in [-0.05, 0) is 60.6 Å². The molecule has 3 nitrogen and oxygen atoms in total. The maximum absolute atomic E-state index is 12.1. The lowest BCUT2D eigenvalue weighted by atomic mass is 9.95. The largest absolute Gasteiger partial charge is 0.508 e. The second kappa shape index (κ2) is 7.14. The zero-order chi connectivity index (χ0) is 16.1. The fourth-order valence-electron chi connectivity index (χ4n) is 2.74. The van der Waals surface area contributed by atoms with E-state index in [0.29, 0.717) is 18.1 Å². The number of carbonyl (C=O) groups is 1. The Morgan fingerprint density at radius 1 is 1.00 bits per heavy atom. The summed E-state index contributed by atoms with van der Waals surface area (Å²) >= 11 is 0. The van der Waals surface area contributed by atoms with Gasteiger partial charge in [0.15, 0.2) is 0 Å². The zero-order valence-corrected chi connectivity index (χ0v) is 12.9. The number of allylic oxidation sites excluding steroid dienone is 2. The second-order valence-electron chi connectivity index (χ2n) is 5.87. The van der Waals surface area contributed by atoms with E-state index >= 15 is 0 Å². The first-order valence-corrected chi connectivity index (χ1v) is 7.94. The highest BCUT2D eigenvalue weighted by Gasteiger charge is 2.14. The van der Waals surface area contributed by atoms with Crippen LogP contribution in [0.3, 0.4) is 0 Å². The molecular formula is C20H20O3. The molecule has 0 fully saturated rings.